The van der Waals surface area contributed by atoms with Crippen molar-refractivity contribution in [2.24, 2.45) is 11.8 Å². The molecule has 1 aromatic carbocycles. The van der Waals surface area contributed by atoms with Gasteiger partial charge in [-0.2, -0.15) is 9.36 Å². The van der Waals surface area contributed by atoms with Gasteiger partial charge in [-0.05, 0) is 75.2 Å². The Morgan fingerprint density at radius 3 is 2.61 bits per heavy atom. The number of halogens is 1. The van der Waals surface area contributed by atoms with Crippen molar-refractivity contribution in [3.63, 3.8) is 0 Å². The maximum absolute atomic E-state index is 13.5. The molecule has 1 aliphatic heterocycles. The van der Waals surface area contributed by atoms with E-state index in [1.54, 1.807) is 28.3 Å². The van der Waals surface area contributed by atoms with Crippen molar-refractivity contribution >= 4 is 22.5 Å². The van der Waals surface area contributed by atoms with E-state index < -0.39 is 0 Å². The maximum atomic E-state index is 13.5. The number of aromatic nitrogens is 4. The van der Waals surface area contributed by atoms with Crippen LogP contribution in [-0.2, 0) is 0 Å². The fourth-order valence-corrected chi connectivity index (χ4v) is 5.48. The molecule has 3 heterocycles. The Hall–Kier alpha value is -2.68. The number of aryl methyl sites for hydroxylation is 1. The molecule has 3 aromatic rings. The van der Waals surface area contributed by atoms with Gasteiger partial charge < -0.3 is 15.0 Å². The molecule has 31 heavy (non-hydrogen) atoms. The molecule has 2 bridgehead atoms. The summed E-state index contributed by atoms with van der Waals surface area (Å²) in [5, 5.41) is 9.52. The van der Waals surface area contributed by atoms with Crippen LogP contribution >= 0.6 is 11.5 Å². The Kier molecular flexibility index (Phi) is 5.29. The molecule has 9 heteroatoms. The Morgan fingerprint density at radius 2 is 1.97 bits per heavy atom. The van der Waals surface area contributed by atoms with E-state index in [9.17, 15) is 4.39 Å². The van der Waals surface area contributed by atoms with Crippen molar-refractivity contribution in [1.82, 2.24) is 19.1 Å². The normalized spacial score (nSPS) is 22.9. The summed E-state index contributed by atoms with van der Waals surface area (Å²) in [5.74, 6) is 1.73. The lowest BCUT2D eigenvalue weighted by Gasteiger charge is -2.38. The molecule has 164 valence electrons. The first kappa shape index (κ1) is 20.2. The van der Waals surface area contributed by atoms with E-state index in [0.29, 0.717) is 35.6 Å². The fraction of sp³-hybridized carbons (Fsp3) is 0.500. The number of rotatable bonds is 6. The van der Waals surface area contributed by atoms with Crippen molar-refractivity contribution in [3.8, 4) is 11.8 Å². The number of nitrogens with one attached hydrogen (secondary N) is 1. The third-order valence-corrected chi connectivity index (χ3v) is 7.09. The van der Waals surface area contributed by atoms with Gasteiger partial charge in [0.15, 0.2) is 0 Å². The molecule has 2 aromatic heterocycles. The SMILES string of the molecule is Cc1cc(N2C[C@H]3CC[C@@H](C2)[C@H]3Nc2nc(Oc3cccc(F)c3)n(C(C)C)n2)sn1. The van der Waals surface area contributed by atoms with Gasteiger partial charge in [-0.1, -0.05) is 6.07 Å². The first-order chi connectivity index (χ1) is 15.0. The van der Waals surface area contributed by atoms with Crippen molar-refractivity contribution in [2.75, 3.05) is 23.3 Å². The second-order valence-electron chi connectivity index (χ2n) is 8.79. The Balaban J connectivity index is 1.32. The average Bonchev–Trinajstić information content (AvgIpc) is 3.39. The van der Waals surface area contributed by atoms with Crippen LogP contribution < -0.4 is 15.0 Å². The van der Waals surface area contributed by atoms with Crippen LogP contribution in [0.3, 0.4) is 0 Å². The molecule has 3 atom stereocenters. The molecule has 2 aliphatic rings. The van der Waals surface area contributed by atoms with Gasteiger partial charge in [0, 0.05) is 25.2 Å². The lowest BCUT2D eigenvalue weighted by molar-refractivity contribution is 0.374. The minimum atomic E-state index is -0.342. The van der Waals surface area contributed by atoms with Gasteiger partial charge >= 0.3 is 6.01 Å². The summed E-state index contributed by atoms with van der Waals surface area (Å²) in [6.07, 6.45) is 2.41. The molecule has 0 radical (unpaired) electrons. The van der Waals surface area contributed by atoms with Crippen LogP contribution in [0.4, 0.5) is 15.3 Å². The molecule has 1 saturated carbocycles. The average molecular weight is 443 g/mol. The molecule has 1 aliphatic carbocycles. The number of ether oxygens (including phenoxy) is 1. The number of nitrogens with zero attached hydrogens (tertiary/aromatic N) is 5. The van der Waals surface area contributed by atoms with E-state index in [-0.39, 0.29) is 11.9 Å². The lowest BCUT2D eigenvalue weighted by Crippen LogP contribution is -2.48. The molecular formula is C22H27FN6OS. The molecule has 5 rings (SSSR count). The van der Waals surface area contributed by atoms with Gasteiger partial charge in [0.05, 0.1) is 11.7 Å². The van der Waals surface area contributed by atoms with Gasteiger partial charge in [-0.25, -0.2) is 9.07 Å². The highest BCUT2D eigenvalue weighted by atomic mass is 32.1. The van der Waals surface area contributed by atoms with Crippen LogP contribution in [0.5, 0.6) is 11.8 Å². The zero-order valence-electron chi connectivity index (χ0n) is 18.0. The van der Waals surface area contributed by atoms with Crippen LogP contribution in [0.15, 0.2) is 30.3 Å². The van der Waals surface area contributed by atoms with Gasteiger partial charge in [0.2, 0.25) is 5.95 Å². The zero-order valence-corrected chi connectivity index (χ0v) is 18.8. The topological polar surface area (TPSA) is 68.1 Å². The van der Waals surface area contributed by atoms with Crippen molar-refractivity contribution in [1.29, 1.82) is 0 Å². The standard InChI is InChI=1S/C22H27FN6OS/c1-13(2)29-22(30-18-6-4-5-17(23)10-18)25-21(26-29)24-20-15-7-8-16(20)12-28(11-15)19-9-14(3)27-31-19/h4-6,9-10,13,15-16,20H,7-8,11-12H2,1-3H3,(H,24,26)/t15-,16+,20+. The monoisotopic (exact) mass is 442 g/mol. The van der Waals surface area contributed by atoms with Gasteiger partial charge in [0.1, 0.15) is 16.6 Å². The van der Waals surface area contributed by atoms with Gasteiger partial charge in [-0.15, -0.1) is 5.10 Å². The Bertz CT molecular complexity index is 1050. The van der Waals surface area contributed by atoms with Gasteiger partial charge in [-0.3, -0.25) is 0 Å². The fourth-order valence-electron chi connectivity index (χ4n) is 4.70. The molecule has 0 spiro atoms. The summed E-state index contributed by atoms with van der Waals surface area (Å²) in [5.41, 5.74) is 1.09. The lowest BCUT2D eigenvalue weighted by atomic mass is 9.92. The number of hydrogen-bond acceptors (Lipinski definition) is 7. The molecular weight excluding hydrogens is 415 g/mol. The zero-order chi connectivity index (χ0) is 21.5. The highest BCUT2D eigenvalue weighted by molar-refractivity contribution is 7.10. The molecule has 1 saturated heterocycles. The van der Waals surface area contributed by atoms with E-state index in [0.717, 1.165) is 18.8 Å². The largest absolute Gasteiger partial charge is 0.424 e. The first-order valence-electron chi connectivity index (χ1n) is 10.8. The third kappa shape index (κ3) is 4.11. The second kappa shape index (κ2) is 8.11. The number of piperidine rings is 1. The summed E-state index contributed by atoms with van der Waals surface area (Å²) in [6.45, 7) is 8.13. The molecule has 2 fully saturated rings. The Labute approximate surface area is 185 Å². The highest BCUT2D eigenvalue weighted by Crippen LogP contribution is 2.41. The summed E-state index contributed by atoms with van der Waals surface area (Å²) in [4.78, 5) is 7.08. The van der Waals surface area contributed by atoms with E-state index in [2.05, 4.69) is 30.7 Å². The predicted octanol–water partition coefficient (Wildman–Crippen LogP) is 4.88. The molecule has 1 N–H and O–H groups in total. The highest BCUT2D eigenvalue weighted by Gasteiger charge is 2.43. The number of benzene rings is 1. The molecule has 0 unspecified atom stereocenters. The third-order valence-electron chi connectivity index (χ3n) is 6.15. The van der Waals surface area contributed by atoms with Crippen LogP contribution in [0.25, 0.3) is 0 Å². The second-order valence-corrected chi connectivity index (χ2v) is 9.58. The van der Waals surface area contributed by atoms with Crippen LogP contribution in [0.2, 0.25) is 0 Å². The van der Waals surface area contributed by atoms with E-state index >= 15 is 0 Å². The van der Waals surface area contributed by atoms with Crippen LogP contribution in [0.1, 0.15) is 38.4 Å². The summed E-state index contributed by atoms with van der Waals surface area (Å²) in [6, 6.07) is 9.04. The summed E-state index contributed by atoms with van der Waals surface area (Å²) < 4.78 is 25.6. The van der Waals surface area contributed by atoms with Crippen molar-refractivity contribution < 1.29 is 9.13 Å². The summed E-state index contributed by atoms with van der Waals surface area (Å²) >= 11 is 1.59. The van der Waals surface area contributed by atoms with Gasteiger partial charge in [0.25, 0.3) is 0 Å². The summed E-state index contributed by atoms with van der Waals surface area (Å²) in [7, 11) is 0. The van der Waals surface area contributed by atoms with Crippen LogP contribution in [-0.4, -0.2) is 38.3 Å². The van der Waals surface area contributed by atoms with E-state index in [1.165, 1.54) is 30.0 Å². The number of hydrogen-bond donors (Lipinski definition) is 1. The van der Waals surface area contributed by atoms with E-state index in [1.807, 2.05) is 20.8 Å². The number of fused-ring (bicyclic) bond motifs is 2. The number of anilines is 2. The maximum Gasteiger partial charge on any atom is 0.322 e. The first-order valence-corrected chi connectivity index (χ1v) is 11.6. The smallest absolute Gasteiger partial charge is 0.322 e. The quantitative estimate of drug-likeness (QED) is 0.587. The Morgan fingerprint density at radius 1 is 1.19 bits per heavy atom. The van der Waals surface area contributed by atoms with Crippen molar-refractivity contribution in [2.45, 2.75) is 45.7 Å². The molecule has 7 nitrogen and oxygen atoms in total. The minimum Gasteiger partial charge on any atom is -0.424 e. The minimum absolute atomic E-state index is 0.0692. The molecule has 0 amide bonds. The van der Waals surface area contributed by atoms with E-state index in [4.69, 9.17) is 4.74 Å². The van der Waals surface area contributed by atoms with Crippen LogP contribution in [0, 0.1) is 24.6 Å². The predicted molar refractivity (Wildman–Crippen MR) is 120 cm³/mol. The van der Waals surface area contributed by atoms with Crippen molar-refractivity contribution in [3.05, 3.63) is 41.8 Å².